The minimum absolute atomic E-state index is 0.0592. The summed E-state index contributed by atoms with van der Waals surface area (Å²) < 4.78 is 48.4. The fourth-order valence-corrected chi connectivity index (χ4v) is 3.93. The summed E-state index contributed by atoms with van der Waals surface area (Å²) in [6.45, 7) is 5.02. The molecule has 1 aromatic heterocycles. The number of nitrogens with zero attached hydrogens (tertiary/aromatic N) is 1. The number of anilines is 2. The van der Waals surface area contributed by atoms with Crippen LogP contribution in [0.1, 0.15) is 47.1 Å². The molecule has 0 spiro atoms. The Kier molecular flexibility index (Phi) is 9.52. The Morgan fingerprint density at radius 3 is 2.09 bits per heavy atom. The third-order valence-electron chi connectivity index (χ3n) is 5.87. The highest BCUT2D eigenvalue weighted by molar-refractivity contribution is 6.07. The van der Waals surface area contributed by atoms with E-state index in [1.807, 2.05) is 42.5 Å². The zero-order valence-corrected chi connectivity index (χ0v) is 24.0. The van der Waals surface area contributed by atoms with Gasteiger partial charge in [-0.1, -0.05) is 48.5 Å². The SMILES string of the molecule is CC(C)(C)OC(=O)Nc1ccc(CNC(=O)c2cc(C(=O)Nc3ccc(-c4ccccc4)cc3)ccc2OC(F)(F)F)cn1. The van der Waals surface area contributed by atoms with Gasteiger partial charge in [0.05, 0.1) is 5.56 Å². The number of pyridine rings is 1. The lowest BCUT2D eigenvalue weighted by Crippen LogP contribution is -2.27. The molecule has 3 aromatic carbocycles. The summed E-state index contributed by atoms with van der Waals surface area (Å²) in [4.78, 5) is 41.9. The van der Waals surface area contributed by atoms with Crippen molar-refractivity contribution >= 4 is 29.4 Å². The van der Waals surface area contributed by atoms with Crippen LogP contribution in [0.15, 0.2) is 91.1 Å². The lowest BCUT2D eigenvalue weighted by atomic mass is 10.1. The summed E-state index contributed by atoms with van der Waals surface area (Å²) in [7, 11) is 0. The van der Waals surface area contributed by atoms with Crippen molar-refractivity contribution in [1.82, 2.24) is 10.3 Å². The van der Waals surface area contributed by atoms with E-state index in [1.54, 1.807) is 39.0 Å². The number of hydrogen-bond donors (Lipinski definition) is 3. The van der Waals surface area contributed by atoms with E-state index >= 15 is 0 Å². The number of amides is 3. The van der Waals surface area contributed by atoms with Gasteiger partial charge in [-0.2, -0.15) is 0 Å². The predicted octanol–water partition coefficient (Wildman–Crippen LogP) is 7.18. The molecule has 4 rings (SSSR count). The van der Waals surface area contributed by atoms with Crippen molar-refractivity contribution in [3.05, 3.63) is 108 Å². The second-order valence-corrected chi connectivity index (χ2v) is 10.5. The highest BCUT2D eigenvalue weighted by atomic mass is 19.4. The second-order valence-electron chi connectivity index (χ2n) is 10.5. The molecule has 12 heteroatoms. The van der Waals surface area contributed by atoms with Gasteiger partial charge in [-0.25, -0.2) is 9.78 Å². The molecular formula is C32H29F3N4O5. The van der Waals surface area contributed by atoms with Gasteiger partial charge in [-0.3, -0.25) is 14.9 Å². The maximum absolute atomic E-state index is 13.1. The van der Waals surface area contributed by atoms with Crippen molar-refractivity contribution in [1.29, 1.82) is 0 Å². The van der Waals surface area contributed by atoms with Crippen molar-refractivity contribution in [3.8, 4) is 16.9 Å². The molecule has 0 aliphatic rings. The highest BCUT2D eigenvalue weighted by Crippen LogP contribution is 2.28. The number of hydrogen-bond acceptors (Lipinski definition) is 6. The number of ether oxygens (including phenoxy) is 2. The molecule has 3 N–H and O–H groups in total. The molecule has 0 fully saturated rings. The van der Waals surface area contributed by atoms with E-state index in [9.17, 15) is 27.6 Å². The van der Waals surface area contributed by atoms with Crippen LogP contribution in [0, 0.1) is 0 Å². The minimum atomic E-state index is -5.07. The average Bonchev–Trinajstić information content (AvgIpc) is 2.96. The largest absolute Gasteiger partial charge is 0.573 e. The number of nitrogens with one attached hydrogen (secondary N) is 3. The number of rotatable bonds is 8. The van der Waals surface area contributed by atoms with E-state index in [1.165, 1.54) is 12.3 Å². The first-order valence-corrected chi connectivity index (χ1v) is 13.4. The van der Waals surface area contributed by atoms with Crippen molar-refractivity contribution in [2.45, 2.75) is 39.3 Å². The topological polar surface area (TPSA) is 119 Å². The van der Waals surface area contributed by atoms with Crippen LogP contribution in [0.2, 0.25) is 0 Å². The number of halogens is 3. The molecule has 0 aliphatic heterocycles. The maximum atomic E-state index is 13.1. The molecule has 0 unspecified atom stereocenters. The number of aromatic nitrogens is 1. The summed E-state index contributed by atoms with van der Waals surface area (Å²) in [5, 5.41) is 7.65. The average molecular weight is 607 g/mol. The molecule has 0 aliphatic carbocycles. The smallest absolute Gasteiger partial charge is 0.444 e. The monoisotopic (exact) mass is 606 g/mol. The number of carbonyl (C=O) groups excluding carboxylic acids is 3. The summed E-state index contributed by atoms with van der Waals surface area (Å²) in [5.41, 5.74) is 1.61. The van der Waals surface area contributed by atoms with Gasteiger partial charge in [0.15, 0.2) is 0 Å². The van der Waals surface area contributed by atoms with E-state index in [2.05, 4.69) is 25.7 Å². The van der Waals surface area contributed by atoms with Gasteiger partial charge in [-0.15, -0.1) is 13.2 Å². The molecule has 1 heterocycles. The molecule has 0 saturated heterocycles. The fourth-order valence-electron chi connectivity index (χ4n) is 3.93. The third-order valence-corrected chi connectivity index (χ3v) is 5.87. The van der Waals surface area contributed by atoms with Gasteiger partial charge in [0.2, 0.25) is 0 Å². The summed E-state index contributed by atoms with van der Waals surface area (Å²) in [6, 6.07) is 22.7. The molecule has 228 valence electrons. The van der Waals surface area contributed by atoms with Crippen LogP contribution in [0.3, 0.4) is 0 Å². The van der Waals surface area contributed by atoms with Gasteiger partial charge in [0.25, 0.3) is 11.8 Å². The molecular weight excluding hydrogens is 577 g/mol. The number of benzene rings is 3. The van der Waals surface area contributed by atoms with E-state index in [-0.39, 0.29) is 17.9 Å². The lowest BCUT2D eigenvalue weighted by molar-refractivity contribution is -0.274. The van der Waals surface area contributed by atoms with Crippen LogP contribution in [0.25, 0.3) is 11.1 Å². The highest BCUT2D eigenvalue weighted by Gasteiger charge is 2.33. The zero-order chi connectivity index (χ0) is 31.9. The standard InChI is InChI=1S/C32H29F3N4O5/c1-31(2,3)44-30(42)39-27-16-9-20(18-36-27)19-37-29(41)25-17-23(12-15-26(25)43-32(33,34)35)28(40)38-24-13-10-22(11-14-24)21-7-5-4-6-8-21/h4-18H,19H2,1-3H3,(H,37,41)(H,38,40)(H,36,39,42). The van der Waals surface area contributed by atoms with Crippen LogP contribution in [-0.2, 0) is 11.3 Å². The maximum Gasteiger partial charge on any atom is 0.573 e. The van der Waals surface area contributed by atoms with Gasteiger partial charge < -0.3 is 20.1 Å². The van der Waals surface area contributed by atoms with Crippen molar-refractivity contribution < 1.29 is 37.0 Å². The first kappa shape index (κ1) is 31.5. The lowest BCUT2D eigenvalue weighted by Gasteiger charge is -2.19. The zero-order valence-electron chi connectivity index (χ0n) is 24.0. The molecule has 0 atom stereocenters. The molecule has 44 heavy (non-hydrogen) atoms. The van der Waals surface area contributed by atoms with Gasteiger partial charge in [0, 0.05) is 24.0 Å². The molecule has 0 bridgehead atoms. The van der Waals surface area contributed by atoms with Crippen molar-refractivity contribution in [2.75, 3.05) is 10.6 Å². The Morgan fingerprint density at radius 2 is 1.48 bits per heavy atom. The van der Waals surface area contributed by atoms with E-state index in [4.69, 9.17) is 4.74 Å². The first-order chi connectivity index (χ1) is 20.8. The first-order valence-electron chi connectivity index (χ1n) is 13.4. The van der Waals surface area contributed by atoms with E-state index in [0.29, 0.717) is 11.3 Å². The number of carbonyl (C=O) groups is 3. The van der Waals surface area contributed by atoms with Crippen LogP contribution in [0.5, 0.6) is 5.75 Å². The van der Waals surface area contributed by atoms with Gasteiger partial charge in [-0.05, 0) is 73.9 Å². The van der Waals surface area contributed by atoms with E-state index in [0.717, 1.165) is 29.3 Å². The Balaban J connectivity index is 1.45. The Bertz CT molecular complexity index is 1620. The Labute approximate surface area is 251 Å². The minimum Gasteiger partial charge on any atom is -0.444 e. The van der Waals surface area contributed by atoms with Crippen LogP contribution >= 0.6 is 0 Å². The molecule has 0 radical (unpaired) electrons. The third kappa shape index (κ3) is 9.31. The summed E-state index contributed by atoms with van der Waals surface area (Å²) in [6.07, 6.45) is -4.40. The molecule has 3 amide bonds. The van der Waals surface area contributed by atoms with Crippen LogP contribution in [0.4, 0.5) is 29.5 Å². The molecule has 0 saturated carbocycles. The van der Waals surface area contributed by atoms with Crippen molar-refractivity contribution in [3.63, 3.8) is 0 Å². The fraction of sp³-hybridized carbons (Fsp3) is 0.188. The Morgan fingerprint density at radius 1 is 0.795 bits per heavy atom. The molecule has 9 nitrogen and oxygen atoms in total. The van der Waals surface area contributed by atoms with Crippen LogP contribution < -0.4 is 20.7 Å². The normalized spacial score (nSPS) is 11.3. The predicted molar refractivity (Wildman–Crippen MR) is 158 cm³/mol. The van der Waals surface area contributed by atoms with Crippen LogP contribution in [-0.4, -0.2) is 34.9 Å². The van der Waals surface area contributed by atoms with Crippen molar-refractivity contribution in [2.24, 2.45) is 0 Å². The van der Waals surface area contributed by atoms with Gasteiger partial charge in [0.1, 0.15) is 17.2 Å². The summed E-state index contributed by atoms with van der Waals surface area (Å²) >= 11 is 0. The summed E-state index contributed by atoms with van der Waals surface area (Å²) in [5.74, 6) is -2.12. The van der Waals surface area contributed by atoms with Gasteiger partial charge >= 0.3 is 12.5 Å². The quantitative estimate of drug-likeness (QED) is 0.196. The second kappa shape index (κ2) is 13.3. The Hall–Kier alpha value is -5.39. The number of alkyl halides is 3. The molecule has 4 aromatic rings. The van der Waals surface area contributed by atoms with E-state index < -0.39 is 41.2 Å².